The van der Waals surface area contributed by atoms with E-state index in [4.69, 9.17) is 9.47 Å². The van der Waals surface area contributed by atoms with Gasteiger partial charge in [-0.1, -0.05) is 0 Å². The smallest absolute Gasteiger partial charge is 0.111 e. The van der Waals surface area contributed by atoms with Crippen LogP contribution >= 0.6 is 0 Å². The van der Waals surface area contributed by atoms with Gasteiger partial charge >= 0.3 is 0 Å². The predicted octanol–water partition coefficient (Wildman–Crippen LogP) is -1.49. The molecule has 0 unspecified atom stereocenters. The van der Waals surface area contributed by atoms with E-state index < -0.39 is 12.2 Å². The molecule has 2 heterocycles. The monoisotopic (exact) mass is 146 g/mol. The molecule has 2 N–H and O–H groups in total. The minimum Gasteiger partial charge on any atom is -0.388 e. The van der Waals surface area contributed by atoms with E-state index >= 15 is 0 Å². The minimum atomic E-state index is -0.757. The Hall–Kier alpha value is -0.160. The number of hydrogen-bond acceptors (Lipinski definition) is 4. The van der Waals surface area contributed by atoms with E-state index in [-0.39, 0.29) is 12.2 Å². The van der Waals surface area contributed by atoms with Crippen molar-refractivity contribution in [2.24, 2.45) is 0 Å². The third-order valence-electron chi connectivity index (χ3n) is 1.83. The van der Waals surface area contributed by atoms with E-state index in [0.29, 0.717) is 13.2 Å². The Labute approximate surface area is 58.4 Å². The van der Waals surface area contributed by atoms with Gasteiger partial charge in [0.25, 0.3) is 0 Å². The molecule has 0 saturated carbocycles. The van der Waals surface area contributed by atoms with Crippen LogP contribution in [0.3, 0.4) is 0 Å². The molecule has 0 aliphatic carbocycles. The van der Waals surface area contributed by atoms with Crippen LogP contribution < -0.4 is 0 Å². The molecule has 2 fully saturated rings. The van der Waals surface area contributed by atoms with Crippen molar-refractivity contribution in [3.8, 4) is 0 Å². The number of aliphatic hydroxyl groups excluding tert-OH is 2. The zero-order chi connectivity index (χ0) is 7.14. The number of epoxide rings is 2. The average Bonchev–Trinajstić information content (AvgIpc) is 2.73. The first-order valence-electron chi connectivity index (χ1n) is 3.38. The highest BCUT2D eigenvalue weighted by Gasteiger charge is 2.43. The molecule has 2 rings (SSSR count). The van der Waals surface area contributed by atoms with E-state index in [1.165, 1.54) is 0 Å². The lowest BCUT2D eigenvalue weighted by atomic mass is 10.1. The van der Waals surface area contributed by atoms with E-state index in [1.807, 2.05) is 0 Å². The van der Waals surface area contributed by atoms with Crippen LogP contribution in [0.1, 0.15) is 0 Å². The lowest BCUT2D eigenvalue weighted by Gasteiger charge is -2.12. The highest BCUT2D eigenvalue weighted by molar-refractivity contribution is 4.91. The van der Waals surface area contributed by atoms with Crippen LogP contribution in [-0.2, 0) is 9.47 Å². The van der Waals surface area contributed by atoms with Crippen molar-refractivity contribution in [2.45, 2.75) is 24.4 Å². The highest BCUT2D eigenvalue weighted by atomic mass is 16.6. The maximum Gasteiger partial charge on any atom is 0.111 e. The van der Waals surface area contributed by atoms with Crippen molar-refractivity contribution in [3.63, 3.8) is 0 Å². The zero-order valence-electron chi connectivity index (χ0n) is 5.43. The predicted molar refractivity (Wildman–Crippen MR) is 31.5 cm³/mol. The van der Waals surface area contributed by atoms with E-state index in [1.54, 1.807) is 0 Å². The van der Waals surface area contributed by atoms with Gasteiger partial charge < -0.3 is 19.7 Å². The first-order valence-corrected chi connectivity index (χ1v) is 3.38. The molecule has 4 heteroatoms. The van der Waals surface area contributed by atoms with Gasteiger partial charge in [0.2, 0.25) is 0 Å². The summed E-state index contributed by atoms with van der Waals surface area (Å²) in [5, 5.41) is 18.4. The molecule has 2 aliphatic rings. The first kappa shape index (κ1) is 6.54. The molecule has 0 spiro atoms. The van der Waals surface area contributed by atoms with Gasteiger partial charge in [-0.3, -0.25) is 0 Å². The molecule has 0 aromatic carbocycles. The van der Waals surface area contributed by atoms with Gasteiger partial charge in [0.1, 0.15) is 24.4 Å². The molecule has 0 aromatic heterocycles. The van der Waals surface area contributed by atoms with Crippen molar-refractivity contribution in [3.05, 3.63) is 0 Å². The fourth-order valence-electron chi connectivity index (χ4n) is 0.945. The Morgan fingerprint density at radius 2 is 1.30 bits per heavy atom. The van der Waals surface area contributed by atoms with Crippen LogP contribution in [0.4, 0.5) is 0 Å². The third kappa shape index (κ3) is 1.15. The molecule has 0 radical (unpaired) electrons. The molecule has 2 aliphatic heterocycles. The summed E-state index contributed by atoms with van der Waals surface area (Å²) >= 11 is 0. The van der Waals surface area contributed by atoms with Gasteiger partial charge in [0.05, 0.1) is 13.2 Å². The van der Waals surface area contributed by atoms with Crippen molar-refractivity contribution < 1.29 is 19.7 Å². The largest absolute Gasteiger partial charge is 0.388 e. The second kappa shape index (κ2) is 2.17. The molecule has 58 valence electrons. The fraction of sp³-hybridized carbons (Fsp3) is 1.00. The lowest BCUT2D eigenvalue weighted by Crippen LogP contribution is -2.35. The Kier molecular flexibility index (Phi) is 1.42. The van der Waals surface area contributed by atoms with Crippen molar-refractivity contribution in [1.29, 1.82) is 0 Å². The van der Waals surface area contributed by atoms with Crippen LogP contribution in [0.15, 0.2) is 0 Å². The first-order chi connectivity index (χ1) is 4.79. The van der Waals surface area contributed by atoms with Crippen LogP contribution in [0.2, 0.25) is 0 Å². The third-order valence-corrected chi connectivity index (χ3v) is 1.83. The fourth-order valence-corrected chi connectivity index (χ4v) is 0.945. The van der Waals surface area contributed by atoms with Gasteiger partial charge in [-0.25, -0.2) is 0 Å². The Morgan fingerprint density at radius 3 is 1.50 bits per heavy atom. The van der Waals surface area contributed by atoms with Gasteiger partial charge in [-0.2, -0.15) is 0 Å². The summed E-state index contributed by atoms with van der Waals surface area (Å²) in [5.41, 5.74) is 0. The molecule has 10 heavy (non-hydrogen) atoms. The van der Waals surface area contributed by atoms with Crippen LogP contribution in [-0.4, -0.2) is 47.8 Å². The number of ether oxygens (including phenoxy) is 2. The van der Waals surface area contributed by atoms with Crippen LogP contribution in [0, 0.1) is 0 Å². The second-order valence-corrected chi connectivity index (χ2v) is 2.72. The Balaban J connectivity index is 1.83. The van der Waals surface area contributed by atoms with Gasteiger partial charge in [-0.15, -0.1) is 0 Å². The topological polar surface area (TPSA) is 65.5 Å². The molecular formula is C6H10O4. The quantitative estimate of drug-likeness (QED) is 0.476. The molecule has 0 aromatic rings. The van der Waals surface area contributed by atoms with Crippen LogP contribution in [0.25, 0.3) is 0 Å². The molecule has 0 bridgehead atoms. The summed E-state index contributed by atoms with van der Waals surface area (Å²) in [7, 11) is 0. The summed E-state index contributed by atoms with van der Waals surface area (Å²) in [6.45, 7) is 1.12. The molecule has 0 amide bonds. The summed E-state index contributed by atoms with van der Waals surface area (Å²) in [6, 6.07) is 0. The van der Waals surface area contributed by atoms with E-state index in [9.17, 15) is 10.2 Å². The van der Waals surface area contributed by atoms with Crippen molar-refractivity contribution >= 4 is 0 Å². The number of rotatable bonds is 3. The maximum absolute atomic E-state index is 9.21. The Morgan fingerprint density at radius 1 is 1.00 bits per heavy atom. The van der Waals surface area contributed by atoms with Crippen molar-refractivity contribution in [1.82, 2.24) is 0 Å². The summed E-state index contributed by atoms with van der Waals surface area (Å²) < 4.78 is 9.61. The maximum atomic E-state index is 9.21. The summed E-state index contributed by atoms with van der Waals surface area (Å²) in [4.78, 5) is 0. The molecule has 4 nitrogen and oxygen atoms in total. The lowest BCUT2D eigenvalue weighted by molar-refractivity contribution is -0.0116. The summed E-state index contributed by atoms with van der Waals surface area (Å²) in [6.07, 6.45) is -1.82. The minimum absolute atomic E-state index is 0.154. The average molecular weight is 146 g/mol. The van der Waals surface area contributed by atoms with Gasteiger partial charge in [-0.05, 0) is 0 Å². The van der Waals surface area contributed by atoms with Gasteiger partial charge in [0, 0.05) is 0 Å². The number of aliphatic hydroxyl groups is 2. The molecular weight excluding hydrogens is 136 g/mol. The zero-order valence-corrected chi connectivity index (χ0v) is 5.43. The van der Waals surface area contributed by atoms with E-state index in [2.05, 4.69) is 0 Å². The summed E-state index contributed by atoms with van der Waals surface area (Å²) in [5.74, 6) is 0. The number of hydrogen-bond donors (Lipinski definition) is 2. The molecule has 4 atom stereocenters. The van der Waals surface area contributed by atoms with Crippen LogP contribution in [0.5, 0.6) is 0 Å². The van der Waals surface area contributed by atoms with Gasteiger partial charge in [0.15, 0.2) is 0 Å². The standard InChI is InChI=1S/C6H10O4/c7-5(3-1-9-3)6(8)4-2-10-4/h3-8H,1-2H2/t3-,4+,5-,6-/m1/s1. The molecule has 2 saturated heterocycles. The van der Waals surface area contributed by atoms with Crippen molar-refractivity contribution in [2.75, 3.05) is 13.2 Å². The highest BCUT2D eigenvalue weighted by Crippen LogP contribution is 2.23. The van der Waals surface area contributed by atoms with E-state index in [0.717, 1.165) is 0 Å². The normalized spacial score (nSPS) is 42.6. The second-order valence-electron chi connectivity index (χ2n) is 2.72. The Bertz CT molecular complexity index is 114. The SMILES string of the molecule is O[C@@H]([C@H](O)[C@H]1CO1)[C@@H]1CO1.